The van der Waals surface area contributed by atoms with E-state index in [9.17, 15) is 13.2 Å². The lowest BCUT2D eigenvalue weighted by atomic mass is 10.0. The van der Waals surface area contributed by atoms with Crippen LogP contribution in [0.4, 0.5) is 0 Å². The Kier molecular flexibility index (Phi) is 6.86. The van der Waals surface area contributed by atoms with E-state index in [1.54, 1.807) is 36.5 Å². The van der Waals surface area contributed by atoms with Crippen LogP contribution in [0.3, 0.4) is 0 Å². The average Bonchev–Trinajstić information content (AvgIpc) is 3.27. The number of carbonyl (C=O) groups is 1. The zero-order chi connectivity index (χ0) is 22.7. The van der Waals surface area contributed by atoms with Crippen LogP contribution in [0, 0.1) is 6.92 Å². The van der Waals surface area contributed by atoms with Crippen molar-refractivity contribution in [1.82, 2.24) is 9.21 Å². The number of sulfonamides is 1. The first kappa shape index (κ1) is 22.8. The molecule has 0 aliphatic carbocycles. The van der Waals surface area contributed by atoms with Gasteiger partial charge in [-0.3, -0.25) is 4.79 Å². The Hall–Kier alpha value is -2.38. The molecule has 1 atom stereocenters. The number of methoxy groups -OCH3 is 1. The van der Waals surface area contributed by atoms with E-state index in [0.717, 1.165) is 49.8 Å². The molecule has 172 valence electrons. The third-order valence-corrected chi connectivity index (χ3v) is 8.65. The highest BCUT2D eigenvalue weighted by molar-refractivity contribution is 7.89. The Morgan fingerprint density at radius 1 is 1.03 bits per heavy atom. The zero-order valence-corrected chi connectivity index (χ0v) is 19.7. The Balaban J connectivity index is 1.56. The van der Waals surface area contributed by atoms with Gasteiger partial charge in [0.15, 0.2) is 0 Å². The molecule has 2 aromatic carbocycles. The van der Waals surface area contributed by atoms with Crippen molar-refractivity contribution < 1.29 is 17.9 Å². The first-order chi connectivity index (χ1) is 15.4. The van der Waals surface area contributed by atoms with E-state index >= 15 is 0 Å². The fraction of sp³-hybridized carbons (Fsp3) is 0.480. The second-order valence-corrected chi connectivity index (χ2v) is 10.7. The highest BCUT2D eigenvalue weighted by atomic mass is 32.2. The Morgan fingerprint density at radius 3 is 2.56 bits per heavy atom. The van der Waals surface area contributed by atoms with E-state index in [1.807, 2.05) is 23.1 Å². The summed E-state index contributed by atoms with van der Waals surface area (Å²) in [5.41, 5.74) is 2.26. The van der Waals surface area contributed by atoms with E-state index in [4.69, 9.17) is 4.74 Å². The molecule has 2 aliphatic rings. The molecule has 2 aromatic rings. The average molecular weight is 457 g/mol. The van der Waals surface area contributed by atoms with Gasteiger partial charge in [-0.25, -0.2) is 8.42 Å². The Labute approximate surface area is 191 Å². The number of ether oxygens (including phenoxy) is 1. The van der Waals surface area contributed by atoms with E-state index in [0.29, 0.717) is 30.8 Å². The first-order valence-corrected chi connectivity index (χ1v) is 12.9. The molecule has 0 N–H and O–H groups in total. The van der Waals surface area contributed by atoms with Crippen molar-refractivity contribution in [3.05, 3.63) is 59.2 Å². The number of hydrogen-bond acceptors (Lipinski definition) is 4. The summed E-state index contributed by atoms with van der Waals surface area (Å²) in [6.45, 7) is 3.59. The number of aryl methyl sites for hydroxylation is 1. The maximum absolute atomic E-state index is 13.4. The minimum atomic E-state index is -3.59. The number of hydrogen-bond donors (Lipinski definition) is 0. The van der Waals surface area contributed by atoms with Crippen LogP contribution in [0.1, 0.15) is 53.6 Å². The molecule has 0 radical (unpaired) electrons. The first-order valence-electron chi connectivity index (χ1n) is 11.4. The second-order valence-electron chi connectivity index (χ2n) is 8.80. The van der Waals surface area contributed by atoms with Gasteiger partial charge in [-0.05, 0) is 74.4 Å². The molecule has 32 heavy (non-hydrogen) atoms. The van der Waals surface area contributed by atoms with E-state index < -0.39 is 10.0 Å². The molecule has 4 rings (SSSR count). The second kappa shape index (κ2) is 9.63. The van der Waals surface area contributed by atoms with Crippen LogP contribution < -0.4 is 4.74 Å². The smallest absolute Gasteiger partial charge is 0.254 e. The fourth-order valence-electron chi connectivity index (χ4n) is 4.81. The summed E-state index contributed by atoms with van der Waals surface area (Å²) in [4.78, 5) is 15.6. The normalized spacial score (nSPS) is 19.8. The van der Waals surface area contributed by atoms with Crippen LogP contribution in [0.15, 0.2) is 47.4 Å². The molecule has 2 saturated heterocycles. The topological polar surface area (TPSA) is 66.9 Å². The van der Waals surface area contributed by atoms with Gasteiger partial charge in [-0.2, -0.15) is 4.31 Å². The molecule has 2 aliphatic heterocycles. The quantitative estimate of drug-likeness (QED) is 0.658. The molecule has 7 heteroatoms. The highest BCUT2D eigenvalue weighted by Gasteiger charge is 2.32. The SMILES string of the molecule is COc1cccc(CC2CCCN2C(=O)c2ccc(C)c(S(=O)(=O)N3CCCCC3)c2)c1. The van der Waals surface area contributed by atoms with E-state index in [1.165, 1.54) is 0 Å². The number of benzene rings is 2. The Morgan fingerprint density at radius 2 is 1.81 bits per heavy atom. The van der Waals surface area contributed by atoms with Crippen molar-refractivity contribution >= 4 is 15.9 Å². The molecular formula is C25H32N2O4S. The molecule has 6 nitrogen and oxygen atoms in total. The van der Waals surface area contributed by atoms with Gasteiger partial charge in [0.05, 0.1) is 12.0 Å². The molecule has 1 unspecified atom stereocenters. The van der Waals surface area contributed by atoms with Crippen molar-refractivity contribution in [1.29, 1.82) is 0 Å². The number of rotatable bonds is 6. The largest absolute Gasteiger partial charge is 0.497 e. The van der Waals surface area contributed by atoms with Crippen LogP contribution in [-0.4, -0.2) is 56.3 Å². The third-order valence-electron chi connectivity index (χ3n) is 6.61. The lowest BCUT2D eigenvalue weighted by Gasteiger charge is -2.28. The van der Waals surface area contributed by atoms with Gasteiger partial charge in [-0.1, -0.05) is 24.6 Å². The molecular weight excluding hydrogens is 424 g/mol. The van der Waals surface area contributed by atoms with Crippen molar-refractivity contribution in [3.8, 4) is 5.75 Å². The van der Waals surface area contributed by atoms with Crippen LogP contribution >= 0.6 is 0 Å². The summed E-state index contributed by atoms with van der Waals surface area (Å²) >= 11 is 0. The maximum Gasteiger partial charge on any atom is 0.254 e. The number of carbonyl (C=O) groups excluding carboxylic acids is 1. The summed E-state index contributed by atoms with van der Waals surface area (Å²) in [5.74, 6) is 0.718. The standard InChI is InChI=1S/C25H32N2O4S/c1-19-11-12-21(18-24(19)32(29,30)26-13-4-3-5-14-26)25(28)27-15-7-9-22(27)16-20-8-6-10-23(17-20)31-2/h6,8,10-12,17-18,22H,3-5,7,9,13-16H2,1-2H3. The predicted octanol–water partition coefficient (Wildman–Crippen LogP) is 4.03. The van der Waals surface area contributed by atoms with Gasteiger partial charge in [0.2, 0.25) is 10.0 Å². The van der Waals surface area contributed by atoms with Crippen LogP contribution in [0.25, 0.3) is 0 Å². The summed E-state index contributed by atoms with van der Waals surface area (Å²) in [5, 5.41) is 0. The Bertz CT molecular complexity index is 1080. The summed E-state index contributed by atoms with van der Waals surface area (Å²) < 4.78 is 33.4. The predicted molar refractivity (Wildman–Crippen MR) is 125 cm³/mol. The number of piperidine rings is 1. The zero-order valence-electron chi connectivity index (χ0n) is 18.9. The van der Waals surface area contributed by atoms with E-state index in [-0.39, 0.29) is 16.8 Å². The van der Waals surface area contributed by atoms with Gasteiger partial charge in [-0.15, -0.1) is 0 Å². The van der Waals surface area contributed by atoms with Gasteiger partial charge in [0, 0.05) is 31.2 Å². The molecule has 2 heterocycles. The summed E-state index contributed by atoms with van der Waals surface area (Å²) in [6, 6.07) is 13.1. The molecule has 0 saturated carbocycles. The van der Waals surface area contributed by atoms with Crippen LogP contribution in [0.5, 0.6) is 5.75 Å². The van der Waals surface area contributed by atoms with Crippen molar-refractivity contribution in [2.45, 2.75) is 56.4 Å². The molecule has 0 spiro atoms. The number of amides is 1. The van der Waals surface area contributed by atoms with Gasteiger partial charge in [0.25, 0.3) is 5.91 Å². The monoisotopic (exact) mass is 456 g/mol. The van der Waals surface area contributed by atoms with Crippen LogP contribution in [0.2, 0.25) is 0 Å². The van der Waals surface area contributed by atoms with Gasteiger partial charge in [0.1, 0.15) is 5.75 Å². The minimum Gasteiger partial charge on any atom is -0.497 e. The summed E-state index contributed by atoms with van der Waals surface area (Å²) in [6.07, 6.45) is 5.48. The van der Waals surface area contributed by atoms with Crippen molar-refractivity contribution in [2.75, 3.05) is 26.7 Å². The summed E-state index contributed by atoms with van der Waals surface area (Å²) in [7, 11) is -1.94. The lowest BCUT2D eigenvalue weighted by Crippen LogP contribution is -2.37. The highest BCUT2D eigenvalue weighted by Crippen LogP contribution is 2.28. The third kappa shape index (κ3) is 4.69. The molecule has 0 bridgehead atoms. The van der Waals surface area contributed by atoms with E-state index in [2.05, 4.69) is 6.07 Å². The molecule has 1 amide bonds. The fourth-order valence-corrected chi connectivity index (χ4v) is 6.58. The minimum absolute atomic E-state index is 0.0921. The lowest BCUT2D eigenvalue weighted by molar-refractivity contribution is 0.0736. The molecule has 0 aromatic heterocycles. The van der Waals surface area contributed by atoms with Crippen molar-refractivity contribution in [2.24, 2.45) is 0 Å². The van der Waals surface area contributed by atoms with Crippen LogP contribution in [-0.2, 0) is 16.4 Å². The van der Waals surface area contributed by atoms with Gasteiger partial charge >= 0.3 is 0 Å². The number of nitrogens with zero attached hydrogens (tertiary/aromatic N) is 2. The molecule has 2 fully saturated rings. The van der Waals surface area contributed by atoms with Gasteiger partial charge < -0.3 is 9.64 Å². The maximum atomic E-state index is 13.4. The van der Waals surface area contributed by atoms with Crippen molar-refractivity contribution in [3.63, 3.8) is 0 Å². The number of likely N-dealkylation sites (tertiary alicyclic amines) is 1.